The summed E-state index contributed by atoms with van der Waals surface area (Å²) in [5.74, 6) is 1.19. The van der Waals surface area contributed by atoms with Crippen molar-refractivity contribution in [1.29, 1.82) is 0 Å². The number of hydrogen-bond acceptors (Lipinski definition) is 4. The molecule has 0 bridgehead atoms. The van der Waals surface area contributed by atoms with Gasteiger partial charge in [0.05, 0.1) is 10.6 Å². The Morgan fingerprint density at radius 2 is 1.90 bits per heavy atom. The van der Waals surface area contributed by atoms with E-state index in [2.05, 4.69) is 15.2 Å². The number of rotatable bonds is 4. The molecule has 6 nitrogen and oxygen atoms in total. The largest absolute Gasteiger partial charge is 0.355 e. The smallest absolute Gasteiger partial charge is 0.255 e. The summed E-state index contributed by atoms with van der Waals surface area (Å²) in [5.41, 5.74) is 0.183. The average Bonchev–Trinajstić information content (AvgIpc) is 2.71. The number of carbonyl (C=O) groups excluding carboxylic acids is 2. The van der Waals surface area contributed by atoms with E-state index in [1.54, 1.807) is 12.3 Å². The molecule has 0 radical (unpaired) electrons. The van der Waals surface area contributed by atoms with Crippen molar-refractivity contribution in [3.8, 4) is 0 Å². The molecule has 1 unspecified atom stereocenters. The number of pyridine rings is 1. The Morgan fingerprint density at radius 1 is 1.17 bits per heavy atom. The van der Waals surface area contributed by atoms with Crippen molar-refractivity contribution in [1.82, 2.24) is 15.2 Å². The molecule has 2 fully saturated rings. The summed E-state index contributed by atoms with van der Waals surface area (Å²) in [6.45, 7) is 9.74. The zero-order valence-corrected chi connectivity index (χ0v) is 18.6. The van der Waals surface area contributed by atoms with Gasteiger partial charge in [0, 0.05) is 44.3 Å². The normalized spacial score (nSPS) is 20.5. The van der Waals surface area contributed by atoms with Crippen LogP contribution in [0.2, 0.25) is 5.02 Å². The van der Waals surface area contributed by atoms with Crippen LogP contribution >= 0.6 is 11.6 Å². The van der Waals surface area contributed by atoms with Gasteiger partial charge in [-0.15, -0.1) is 0 Å². The minimum atomic E-state index is -0.379. The number of nitrogens with one attached hydrogen (secondary N) is 1. The topological polar surface area (TPSA) is 65.5 Å². The molecule has 160 valence electrons. The monoisotopic (exact) mass is 420 g/mol. The summed E-state index contributed by atoms with van der Waals surface area (Å²) < 4.78 is 0. The van der Waals surface area contributed by atoms with Gasteiger partial charge < -0.3 is 15.1 Å². The van der Waals surface area contributed by atoms with Gasteiger partial charge in [0.25, 0.3) is 5.91 Å². The molecule has 0 aliphatic carbocycles. The Labute approximate surface area is 179 Å². The number of hydrogen-bond donors (Lipinski definition) is 1. The Bertz CT molecular complexity index is 741. The maximum Gasteiger partial charge on any atom is 0.255 e. The van der Waals surface area contributed by atoms with Crippen LogP contribution in [0.3, 0.4) is 0 Å². The second kappa shape index (κ2) is 9.33. The molecule has 2 amide bonds. The minimum Gasteiger partial charge on any atom is -0.355 e. The van der Waals surface area contributed by atoms with Gasteiger partial charge in [-0.2, -0.15) is 0 Å². The Morgan fingerprint density at radius 3 is 2.55 bits per heavy atom. The predicted molar refractivity (Wildman–Crippen MR) is 116 cm³/mol. The second-order valence-electron chi connectivity index (χ2n) is 9.30. The van der Waals surface area contributed by atoms with Gasteiger partial charge in [0.15, 0.2) is 0 Å². The highest BCUT2D eigenvalue weighted by molar-refractivity contribution is 6.33. The second-order valence-corrected chi connectivity index (χ2v) is 9.70. The lowest BCUT2D eigenvalue weighted by Crippen LogP contribution is -2.43. The van der Waals surface area contributed by atoms with E-state index >= 15 is 0 Å². The van der Waals surface area contributed by atoms with Crippen molar-refractivity contribution in [2.75, 3.05) is 37.6 Å². The van der Waals surface area contributed by atoms with Crippen LogP contribution in [0.15, 0.2) is 12.3 Å². The molecule has 0 aromatic carbocycles. The van der Waals surface area contributed by atoms with Gasteiger partial charge >= 0.3 is 0 Å². The minimum absolute atomic E-state index is 0.0204. The highest BCUT2D eigenvalue weighted by Crippen LogP contribution is 2.29. The molecule has 0 saturated carbocycles. The van der Waals surface area contributed by atoms with Crippen LogP contribution in [-0.2, 0) is 4.79 Å². The molecule has 2 saturated heterocycles. The molecule has 7 heteroatoms. The maximum absolute atomic E-state index is 12.7. The summed E-state index contributed by atoms with van der Waals surface area (Å²) in [6.07, 6.45) is 7.07. The third-order valence-electron chi connectivity index (χ3n) is 5.76. The van der Waals surface area contributed by atoms with E-state index in [0.717, 1.165) is 57.7 Å². The molecule has 0 spiro atoms. The fourth-order valence-electron chi connectivity index (χ4n) is 3.99. The van der Waals surface area contributed by atoms with Gasteiger partial charge in [-0.1, -0.05) is 32.4 Å². The fraction of sp³-hybridized carbons (Fsp3) is 0.682. The number of carbonyl (C=O) groups is 2. The Balaban J connectivity index is 1.62. The number of aromatic nitrogens is 1. The van der Waals surface area contributed by atoms with Gasteiger partial charge in [-0.05, 0) is 44.1 Å². The molecule has 2 aliphatic rings. The van der Waals surface area contributed by atoms with Crippen molar-refractivity contribution < 1.29 is 9.59 Å². The third kappa shape index (κ3) is 5.62. The van der Waals surface area contributed by atoms with Crippen LogP contribution in [0.1, 0.15) is 63.2 Å². The zero-order chi connectivity index (χ0) is 21.0. The summed E-state index contributed by atoms with van der Waals surface area (Å²) in [6, 6.07) is 1.76. The summed E-state index contributed by atoms with van der Waals surface area (Å²) in [5, 5.41) is 3.59. The van der Waals surface area contributed by atoms with E-state index in [1.165, 1.54) is 6.42 Å². The van der Waals surface area contributed by atoms with Crippen LogP contribution in [0, 0.1) is 11.3 Å². The number of halogens is 1. The Hall–Kier alpha value is -1.82. The summed E-state index contributed by atoms with van der Waals surface area (Å²) in [7, 11) is 0. The number of piperidine rings is 2. The van der Waals surface area contributed by atoms with Crippen LogP contribution in [0.4, 0.5) is 5.82 Å². The molecule has 3 rings (SSSR count). The standard InChI is InChI=1S/C22H33ClN4O2/c1-22(2,3)21(29)25-13-16-8-7-11-27(15-16)19-18(23)12-17(14-24-19)20(28)26-9-5-4-6-10-26/h12,14,16H,4-11,13,15H2,1-3H3,(H,25,29). The van der Waals surface area contributed by atoms with E-state index in [1.807, 2.05) is 25.7 Å². The van der Waals surface area contributed by atoms with Gasteiger partial charge in [-0.25, -0.2) is 4.98 Å². The molecule has 3 heterocycles. The first-order valence-corrected chi connectivity index (χ1v) is 11.1. The SMILES string of the molecule is CC(C)(C)C(=O)NCC1CCCN(c2ncc(C(=O)N3CCCCC3)cc2Cl)C1. The molecule has 1 aromatic rings. The number of amides is 2. The lowest BCUT2D eigenvalue weighted by molar-refractivity contribution is -0.128. The van der Waals surface area contributed by atoms with E-state index in [0.29, 0.717) is 23.0 Å². The highest BCUT2D eigenvalue weighted by atomic mass is 35.5. The molecule has 1 atom stereocenters. The van der Waals surface area contributed by atoms with E-state index in [4.69, 9.17) is 11.6 Å². The van der Waals surface area contributed by atoms with Crippen LogP contribution in [-0.4, -0.2) is 54.4 Å². The first-order chi connectivity index (χ1) is 13.8. The van der Waals surface area contributed by atoms with Crippen molar-refractivity contribution in [3.05, 3.63) is 22.8 Å². The number of likely N-dealkylation sites (tertiary alicyclic amines) is 1. The van der Waals surface area contributed by atoms with Crippen molar-refractivity contribution in [3.63, 3.8) is 0 Å². The van der Waals surface area contributed by atoms with Crippen molar-refractivity contribution in [2.45, 2.75) is 52.9 Å². The number of nitrogens with zero attached hydrogens (tertiary/aromatic N) is 3. The molecule has 29 heavy (non-hydrogen) atoms. The highest BCUT2D eigenvalue weighted by Gasteiger charge is 2.26. The quantitative estimate of drug-likeness (QED) is 0.805. The fourth-order valence-corrected chi connectivity index (χ4v) is 4.27. The van der Waals surface area contributed by atoms with Gasteiger partial charge in [0.1, 0.15) is 5.82 Å². The van der Waals surface area contributed by atoms with E-state index in [9.17, 15) is 9.59 Å². The van der Waals surface area contributed by atoms with Gasteiger partial charge in [-0.3, -0.25) is 9.59 Å². The predicted octanol–water partition coefficient (Wildman–Crippen LogP) is 3.74. The van der Waals surface area contributed by atoms with Crippen molar-refractivity contribution in [2.24, 2.45) is 11.3 Å². The molecule has 2 aliphatic heterocycles. The van der Waals surface area contributed by atoms with E-state index in [-0.39, 0.29) is 17.2 Å². The molecular formula is C22H33ClN4O2. The van der Waals surface area contributed by atoms with Crippen LogP contribution in [0.25, 0.3) is 0 Å². The Kier molecular flexibility index (Phi) is 7.04. The third-order valence-corrected chi connectivity index (χ3v) is 6.04. The first-order valence-electron chi connectivity index (χ1n) is 10.7. The first kappa shape index (κ1) is 21.9. The molecule has 1 aromatic heterocycles. The average molecular weight is 421 g/mol. The lowest BCUT2D eigenvalue weighted by atomic mass is 9.94. The number of anilines is 1. The maximum atomic E-state index is 12.7. The van der Waals surface area contributed by atoms with Gasteiger partial charge in [0.2, 0.25) is 5.91 Å². The van der Waals surface area contributed by atoms with Crippen LogP contribution in [0.5, 0.6) is 0 Å². The summed E-state index contributed by atoms with van der Waals surface area (Å²) >= 11 is 6.54. The van der Waals surface area contributed by atoms with Crippen LogP contribution < -0.4 is 10.2 Å². The lowest BCUT2D eigenvalue weighted by Gasteiger charge is -2.34. The zero-order valence-electron chi connectivity index (χ0n) is 17.8. The summed E-state index contributed by atoms with van der Waals surface area (Å²) in [4.78, 5) is 33.5. The van der Waals surface area contributed by atoms with E-state index < -0.39 is 0 Å². The van der Waals surface area contributed by atoms with Crippen molar-refractivity contribution >= 4 is 29.2 Å². The molecular weight excluding hydrogens is 388 g/mol. The molecule has 1 N–H and O–H groups in total.